The zero-order valence-electron chi connectivity index (χ0n) is 11.5. The fourth-order valence-corrected chi connectivity index (χ4v) is 2.19. The number of aliphatic hydroxyl groups excluding tert-OH is 1. The Morgan fingerprint density at radius 1 is 1.05 bits per heavy atom. The highest BCUT2D eigenvalue weighted by Crippen LogP contribution is 2.21. The van der Waals surface area contributed by atoms with Crippen molar-refractivity contribution in [3.8, 4) is 0 Å². The molecule has 0 spiro atoms. The second-order valence-electron chi connectivity index (χ2n) is 5.05. The molecular weight excluding hydrogens is 279 g/mol. The first-order valence-corrected chi connectivity index (χ1v) is 6.90. The Labute approximate surface area is 121 Å². The van der Waals surface area contributed by atoms with Gasteiger partial charge in [-0.05, 0) is 35.4 Å². The van der Waals surface area contributed by atoms with Gasteiger partial charge in [0.1, 0.15) is 0 Å². The van der Waals surface area contributed by atoms with Crippen LogP contribution in [0.4, 0.5) is 13.2 Å². The Kier molecular flexibility index (Phi) is 5.20. The van der Waals surface area contributed by atoms with Gasteiger partial charge in [-0.3, -0.25) is 0 Å². The van der Waals surface area contributed by atoms with Crippen LogP contribution in [0.2, 0.25) is 0 Å². The summed E-state index contributed by atoms with van der Waals surface area (Å²) in [7, 11) is 0. The number of fused-ring (bicyclic) bond motifs is 1. The highest BCUT2D eigenvalue weighted by atomic mass is 19.4. The fourth-order valence-electron chi connectivity index (χ4n) is 2.19. The van der Waals surface area contributed by atoms with Crippen LogP contribution in [0.25, 0.3) is 10.8 Å². The molecule has 2 aromatic carbocycles. The van der Waals surface area contributed by atoms with E-state index in [-0.39, 0.29) is 19.5 Å². The first-order valence-electron chi connectivity index (χ1n) is 6.90. The van der Waals surface area contributed by atoms with Crippen LogP contribution in [0, 0.1) is 0 Å². The van der Waals surface area contributed by atoms with Gasteiger partial charge in [0.2, 0.25) is 0 Å². The molecule has 2 rings (SSSR count). The molecule has 21 heavy (non-hydrogen) atoms. The summed E-state index contributed by atoms with van der Waals surface area (Å²) >= 11 is 0. The number of hydrogen-bond acceptors (Lipinski definition) is 2. The summed E-state index contributed by atoms with van der Waals surface area (Å²) in [5.74, 6) is 0. The van der Waals surface area contributed by atoms with Crippen molar-refractivity contribution in [2.75, 3.05) is 13.1 Å². The largest absolute Gasteiger partial charge is 0.389 e. The van der Waals surface area contributed by atoms with Crippen LogP contribution in [0.5, 0.6) is 0 Å². The molecule has 1 atom stereocenters. The number of hydrogen-bond donors (Lipinski definition) is 2. The summed E-state index contributed by atoms with van der Waals surface area (Å²) in [6, 6.07) is 13.5. The van der Waals surface area contributed by atoms with E-state index in [4.69, 9.17) is 0 Å². The van der Waals surface area contributed by atoms with Gasteiger partial charge in [-0.15, -0.1) is 0 Å². The Balaban J connectivity index is 1.83. The zero-order valence-corrected chi connectivity index (χ0v) is 11.5. The van der Waals surface area contributed by atoms with E-state index in [0.717, 1.165) is 16.3 Å². The average Bonchev–Trinajstić information content (AvgIpc) is 2.45. The molecule has 2 nitrogen and oxygen atoms in total. The molecule has 0 saturated heterocycles. The van der Waals surface area contributed by atoms with Crippen molar-refractivity contribution in [2.24, 2.45) is 0 Å². The minimum absolute atomic E-state index is 0.0218. The van der Waals surface area contributed by atoms with Crippen LogP contribution >= 0.6 is 0 Å². The van der Waals surface area contributed by atoms with Crippen LogP contribution in [-0.2, 0) is 0 Å². The lowest BCUT2D eigenvalue weighted by Gasteiger charge is -2.13. The molecule has 0 radical (unpaired) electrons. The lowest BCUT2D eigenvalue weighted by molar-refractivity contribution is -0.135. The quantitative estimate of drug-likeness (QED) is 0.795. The first-order chi connectivity index (χ1) is 9.96. The van der Waals surface area contributed by atoms with Crippen molar-refractivity contribution in [3.63, 3.8) is 0 Å². The molecule has 0 aliphatic carbocycles. The maximum absolute atomic E-state index is 12.0. The van der Waals surface area contributed by atoms with Crippen LogP contribution in [-0.4, -0.2) is 24.4 Å². The topological polar surface area (TPSA) is 32.3 Å². The predicted molar refractivity (Wildman–Crippen MR) is 77.1 cm³/mol. The third kappa shape index (κ3) is 5.02. The van der Waals surface area contributed by atoms with Gasteiger partial charge in [-0.2, -0.15) is 13.2 Å². The summed E-state index contributed by atoms with van der Waals surface area (Å²) in [6.07, 6.45) is -5.61. The molecule has 114 valence electrons. The highest BCUT2D eigenvalue weighted by Gasteiger charge is 2.25. The normalized spacial score (nSPS) is 13.5. The molecule has 2 aromatic rings. The third-order valence-electron chi connectivity index (χ3n) is 3.31. The van der Waals surface area contributed by atoms with Gasteiger partial charge in [0, 0.05) is 13.0 Å². The number of alkyl halides is 3. The average molecular weight is 297 g/mol. The fraction of sp³-hybridized carbons (Fsp3) is 0.375. The van der Waals surface area contributed by atoms with E-state index in [1.807, 2.05) is 42.5 Å². The van der Waals surface area contributed by atoms with Crippen molar-refractivity contribution in [1.82, 2.24) is 5.32 Å². The molecule has 0 aliphatic rings. The molecule has 0 heterocycles. The van der Waals surface area contributed by atoms with E-state index < -0.39 is 18.7 Å². The van der Waals surface area contributed by atoms with Gasteiger partial charge in [0.15, 0.2) is 0 Å². The van der Waals surface area contributed by atoms with E-state index in [1.165, 1.54) is 0 Å². The van der Waals surface area contributed by atoms with Crippen molar-refractivity contribution < 1.29 is 18.3 Å². The van der Waals surface area contributed by atoms with Crippen LogP contribution in [0.3, 0.4) is 0 Å². The second kappa shape index (κ2) is 6.91. The molecule has 0 saturated carbocycles. The maximum atomic E-state index is 12.0. The number of rotatable bonds is 6. The molecule has 2 N–H and O–H groups in total. The van der Waals surface area contributed by atoms with Crippen molar-refractivity contribution in [1.29, 1.82) is 0 Å². The third-order valence-corrected chi connectivity index (χ3v) is 3.31. The molecule has 1 unspecified atom stereocenters. The number of nitrogens with one attached hydrogen (secondary N) is 1. The summed E-state index contributed by atoms with van der Waals surface area (Å²) in [4.78, 5) is 0. The standard InChI is InChI=1S/C16H18F3NO/c17-16(18,19)8-3-9-20-11-15(21)14-7-6-12-4-1-2-5-13(12)10-14/h1-2,4-7,10,15,20-21H,3,8-9,11H2. The summed E-state index contributed by atoms with van der Waals surface area (Å²) < 4.78 is 35.9. The Bertz CT molecular complexity index is 583. The molecule has 0 bridgehead atoms. The van der Waals surface area contributed by atoms with Gasteiger partial charge in [0.25, 0.3) is 0 Å². The van der Waals surface area contributed by atoms with E-state index >= 15 is 0 Å². The number of benzene rings is 2. The molecule has 5 heteroatoms. The van der Waals surface area contributed by atoms with E-state index in [1.54, 1.807) is 0 Å². The van der Waals surface area contributed by atoms with Crippen LogP contribution in [0.1, 0.15) is 24.5 Å². The summed E-state index contributed by atoms with van der Waals surface area (Å²) in [5, 5.41) is 15.0. The molecular formula is C16H18F3NO. The molecule has 0 aromatic heterocycles. The Hall–Kier alpha value is -1.59. The van der Waals surface area contributed by atoms with Gasteiger partial charge >= 0.3 is 6.18 Å². The van der Waals surface area contributed by atoms with Gasteiger partial charge in [-0.1, -0.05) is 36.4 Å². The van der Waals surface area contributed by atoms with Gasteiger partial charge < -0.3 is 10.4 Å². The minimum atomic E-state index is -4.11. The van der Waals surface area contributed by atoms with Gasteiger partial charge in [0.05, 0.1) is 6.10 Å². The molecule has 0 aliphatic heterocycles. The minimum Gasteiger partial charge on any atom is -0.387 e. The van der Waals surface area contributed by atoms with Crippen LogP contribution < -0.4 is 5.32 Å². The zero-order chi connectivity index (χ0) is 15.3. The van der Waals surface area contributed by atoms with Crippen molar-refractivity contribution >= 4 is 10.8 Å². The number of aliphatic hydroxyl groups is 1. The SMILES string of the molecule is OC(CNCCCC(F)(F)F)c1ccc2ccccc2c1. The van der Waals surface area contributed by atoms with Crippen molar-refractivity contribution in [2.45, 2.75) is 25.1 Å². The molecule has 0 amide bonds. The van der Waals surface area contributed by atoms with E-state index in [9.17, 15) is 18.3 Å². The first kappa shape index (κ1) is 15.8. The predicted octanol–water partition coefficient (Wildman–Crippen LogP) is 3.81. The van der Waals surface area contributed by atoms with Gasteiger partial charge in [-0.25, -0.2) is 0 Å². The van der Waals surface area contributed by atoms with E-state index in [2.05, 4.69) is 5.32 Å². The van der Waals surface area contributed by atoms with Crippen molar-refractivity contribution in [3.05, 3.63) is 48.0 Å². The summed E-state index contributed by atoms with van der Waals surface area (Å²) in [5.41, 5.74) is 0.761. The van der Waals surface area contributed by atoms with Crippen LogP contribution in [0.15, 0.2) is 42.5 Å². The second-order valence-corrected chi connectivity index (χ2v) is 5.05. The smallest absolute Gasteiger partial charge is 0.387 e. The van der Waals surface area contributed by atoms with E-state index in [0.29, 0.717) is 0 Å². The number of halogens is 3. The summed E-state index contributed by atoms with van der Waals surface area (Å²) in [6.45, 7) is 0.486. The Morgan fingerprint density at radius 3 is 2.48 bits per heavy atom. The monoisotopic (exact) mass is 297 g/mol. The Morgan fingerprint density at radius 2 is 1.76 bits per heavy atom. The molecule has 0 fully saturated rings. The lowest BCUT2D eigenvalue weighted by Crippen LogP contribution is -2.23. The maximum Gasteiger partial charge on any atom is 0.389 e. The lowest BCUT2D eigenvalue weighted by atomic mass is 10.0. The highest BCUT2D eigenvalue weighted by molar-refractivity contribution is 5.83.